The molecule has 1 aromatic carbocycles. The van der Waals surface area contributed by atoms with Gasteiger partial charge in [0, 0.05) is 19.0 Å². The van der Waals surface area contributed by atoms with Crippen LogP contribution in [-0.2, 0) is 16.1 Å². The standard InChI is InChI=1S/C15H17N3O2/c19-14(13-7-4-10-20-13)17-15-16-8-9-18(15)11-12-5-2-1-3-6-12/h1-3,5-6,8-9,13H,4,7,10-11H2,(H,16,17,19)/t13-/m0/s1. The Labute approximate surface area is 117 Å². The highest BCUT2D eigenvalue weighted by molar-refractivity contribution is 5.92. The highest BCUT2D eigenvalue weighted by atomic mass is 16.5. The summed E-state index contributed by atoms with van der Waals surface area (Å²) in [6.07, 6.45) is 4.94. The number of anilines is 1. The SMILES string of the molecule is O=C(Nc1nccn1Cc1ccccc1)[C@@H]1CCCO1. The third-order valence-corrected chi connectivity index (χ3v) is 3.37. The minimum atomic E-state index is -0.336. The van der Waals surface area contributed by atoms with Gasteiger partial charge in [-0.2, -0.15) is 0 Å². The zero-order chi connectivity index (χ0) is 13.8. The quantitative estimate of drug-likeness (QED) is 0.926. The summed E-state index contributed by atoms with van der Waals surface area (Å²) < 4.78 is 7.29. The van der Waals surface area contributed by atoms with Gasteiger partial charge in [-0.3, -0.25) is 10.1 Å². The molecule has 0 bridgehead atoms. The summed E-state index contributed by atoms with van der Waals surface area (Å²) in [5.41, 5.74) is 1.16. The molecule has 1 amide bonds. The van der Waals surface area contributed by atoms with Gasteiger partial charge in [0.2, 0.25) is 5.95 Å². The molecule has 1 atom stereocenters. The molecule has 1 aliphatic rings. The van der Waals surface area contributed by atoms with Crippen molar-refractivity contribution in [2.24, 2.45) is 0 Å². The van der Waals surface area contributed by atoms with Crippen molar-refractivity contribution in [2.45, 2.75) is 25.5 Å². The number of carbonyl (C=O) groups excluding carboxylic acids is 1. The number of ether oxygens (including phenoxy) is 1. The Bertz CT molecular complexity index is 574. The van der Waals surface area contributed by atoms with E-state index >= 15 is 0 Å². The van der Waals surface area contributed by atoms with E-state index in [1.807, 2.05) is 41.1 Å². The maximum Gasteiger partial charge on any atom is 0.255 e. The fraction of sp³-hybridized carbons (Fsp3) is 0.333. The first-order chi connectivity index (χ1) is 9.83. The molecule has 1 aromatic heterocycles. The van der Waals surface area contributed by atoms with Crippen molar-refractivity contribution in [1.82, 2.24) is 9.55 Å². The molecule has 5 nitrogen and oxygen atoms in total. The lowest BCUT2D eigenvalue weighted by Gasteiger charge is -2.12. The Balaban J connectivity index is 1.68. The number of imidazole rings is 1. The van der Waals surface area contributed by atoms with Gasteiger partial charge in [-0.1, -0.05) is 30.3 Å². The van der Waals surface area contributed by atoms with E-state index in [2.05, 4.69) is 10.3 Å². The van der Waals surface area contributed by atoms with Crippen molar-refractivity contribution in [2.75, 3.05) is 11.9 Å². The maximum absolute atomic E-state index is 12.0. The van der Waals surface area contributed by atoms with Gasteiger partial charge in [0.05, 0.1) is 6.54 Å². The summed E-state index contributed by atoms with van der Waals surface area (Å²) in [6, 6.07) is 10.1. The number of amides is 1. The fourth-order valence-corrected chi connectivity index (χ4v) is 2.32. The van der Waals surface area contributed by atoms with Crippen LogP contribution in [0.1, 0.15) is 18.4 Å². The summed E-state index contributed by atoms with van der Waals surface area (Å²) in [7, 11) is 0. The second-order valence-corrected chi connectivity index (χ2v) is 4.86. The summed E-state index contributed by atoms with van der Waals surface area (Å²) in [6.45, 7) is 1.35. The minimum absolute atomic E-state index is 0.108. The van der Waals surface area contributed by atoms with Gasteiger partial charge >= 0.3 is 0 Å². The number of rotatable bonds is 4. The number of carbonyl (C=O) groups is 1. The van der Waals surface area contributed by atoms with Crippen molar-refractivity contribution in [3.63, 3.8) is 0 Å². The summed E-state index contributed by atoms with van der Waals surface area (Å²) in [4.78, 5) is 16.2. The molecule has 0 radical (unpaired) electrons. The lowest BCUT2D eigenvalue weighted by atomic mass is 10.2. The highest BCUT2D eigenvalue weighted by Gasteiger charge is 2.24. The van der Waals surface area contributed by atoms with Crippen molar-refractivity contribution in [1.29, 1.82) is 0 Å². The van der Waals surface area contributed by atoms with Crippen LogP contribution in [0.15, 0.2) is 42.7 Å². The number of nitrogens with one attached hydrogen (secondary N) is 1. The van der Waals surface area contributed by atoms with E-state index in [0.29, 0.717) is 19.1 Å². The fourth-order valence-electron chi connectivity index (χ4n) is 2.32. The number of aromatic nitrogens is 2. The van der Waals surface area contributed by atoms with Crippen molar-refractivity contribution >= 4 is 11.9 Å². The Kier molecular flexibility index (Phi) is 3.78. The largest absolute Gasteiger partial charge is 0.368 e. The molecule has 20 heavy (non-hydrogen) atoms. The first-order valence-corrected chi connectivity index (χ1v) is 6.80. The number of benzene rings is 1. The average molecular weight is 271 g/mol. The van der Waals surface area contributed by atoms with Gasteiger partial charge in [0.1, 0.15) is 6.10 Å². The summed E-state index contributed by atoms with van der Waals surface area (Å²) in [5, 5.41) is 2.84. The van der Waals surface area contributed by atoms with Gasteiger partial charge in [-0.05, 0) is 18.4 Å². The van der Waals surface area contributed by atoms with E-state index in [4.69, 9.17) is 4.74 Å². The van der Waals surface area contributed by atoms with Crippen LogP contribution < -0.4 is 5.32 Å². The van der Waals surface area contributed by atoms with Crippen molar-refractivity contribution in [3.8, 4) is 0 Å². The molecular formula is C15H17N3O2. The minimum Gasteiger partial charge on any atom is -0.368 e. The Morgan fingerprint density at radius 3 is 3.00 bits per heavy atom. The number of nitrogens with zero attached hydrogens (tertiary/aromatic N) is 2. The van der Waals surface area contributed by atoms with Crippen LogP contribution >= 0.6 is 0 Å². The topological polar surface area (TPSA) is 56.2 Å². The lowest BCUT2D eigenvalue weighted by molar-refractivity contribution is -0.124. The Hall–Kier alpha value is -2.14. The second-order valence-electron chi connectivity index (χ2n) is 4.86. The molecule has 5 heteroatoms. The van der Waals surface area contributed by atoms with Gasteiger partial charge in [-0.15, -0.1) is 0 Å². The highest BCUT2D eigenvalue weighted by Crippen LogP contribution is 2.15. The van der Waals surface area contributed by atoms with E-state index in [0.717, 1.165) is 18.4 Å². The maximum atomic E-state index is 12.0. The molecule has 0 aliphatic carbocycles. The predicted molar refractivity (Wildman–Crippen MR) is 75.4 cm³/mol. The zero-order valence-electron chi connectivity index (χ0n) is 11.2. The molecule has 1 aliphatic heterocycles. The summed E-state index contributed by atoms with van der Waals surface area (Å²) in [5.74, 6) is 0.456. The lowest BCUT2D eigenvalue weighted by Crippen LogP contribution is -2.28. The number of hydrogen-bond acceptors (Lipinski definition) is 3. The molecule has 2 heterocycles. The van der Waals surface area contributed by atoms with Crippen LogP contribution in [0.5, 0.6) is 0 Å². The molecular weight excluding hydrogens is 254 g/mol. The van der Waals surface area contributed by atoms with Crippen LogP contribution in [-0.4, -0.2) is 28.2 Å². The first kappa shape index (κ1) is 12.9. The van der Waals surface area contributed by atoms with Crippen LogP contribution in [0.3, 0.4) is 0 Å². The van der Waals surface area contributed by atoms with Crippen LogP contribution in [0, 0.1) is 0 Å². The molecule has 0 spiro atoms. The molecule has 1 saturated heterocycles. The normalized spacial score (nSPS) is 18.1. The average Bonchev–Trinajstić information content (AvgIpc) is 3.12. The Morgan fingerprint density at radius 1 is 1.40 bits per heavy atom. The van der Waals surface area contributed by atoms with E-state index < -0.39 is 0 Å². The van der Waals surface area contributed by atoms with E-state index in [-0.39, 0.29) is 12.0 Å². The van der Waals surface area contributed by atoms with Crippen LogP contribution in [0.2, 0.25) is 0 Å². The zero-order valence-corrected chi connectivity index (χ0v) is 11.2. The molecule has 104 valence electrons. The first-order valence-electron chi connectivity index (χ1n) is 6.80. The van der Waals surface area contributed by atoms with E-state index in [1.165, 1.54) is 0 Å². The third-order valence-electron chi connectivity index (χ3n) is 3.37. The molecule has 3 rings (SSSR count). The van der Waals surface area contributed by atoms with Crippen LogP contribution in [0.4, 0.5) is 5.95 Å². The monoisotopic (exact) mass is 271 g/mol. The van der Waals surface area contributed by atoms with Gasteiger partial charge in [0.25, 0.3) is 5.91 Å². The van der Waals surface area contributed by atoms with E-state index in [1.54, 1.807) is 6.20 Å². The smallest absolute Gasteiger partial charge is 0.255 e. The molecule has 0 saturated carbocycles. The van der Waals surface area contributed by atoms with Gasteiger partial charge in [-0.25, -0.2) is 4.98 Å². The van der Waals surface area contributed by atoms with E-state index in [9.17, 15) is 4.79 Å². The van der Waals surface area contributed by atoms with Gasteiger partial charge in [0.15, 0.2) is 0 Å². The van der Waals surface area contributed by atoms with Gasteiger partial charge < -0.3 is 9.30 Å². The molecule has 2 aromatic rings. The number of hydrogen-bond donors (Lipinski definition) is 1. The van der Waals surface area contributed by atoms with Crippen molar-refractivity contribution < 1.29 is 9.53 Å². The predicted octanol–water partition coefficient (Wildman–Crippen LogP) is 2.05. The molecule has 0 unspecified atom stereocenters. The van der Waals surface area contributed by atoms with Crippen LogP contribution in [0.25, 0.3) is 0 Å². The van der Waals surface area contributed by atoms with Crippen molar-refractivity contribution in [3.05, 3.63) is 48.3 Å². The second kappa shape index (κ2) is 5.88. The Morgan fingerprint density at radius 2 is 2.25 bits per heavy atom. The molecule has 1 fully saturated rings. The third kappa shape index (κ3) is 2.88. The summed E-state index contributed by atoms with van der Waals surface area (Å²) >= 11 is 0. The molecule has 1 N–H and O–H groups in total.